The van der Waals surface area contributed by atoms with Crippen molar-refractivity contribution in [3.05, 3.63) is 35.4 Å². The van der Waals surface area contributed by atoms with Crippen LogP contribution < -0.4 is 0 Å². The first-order valence-electron chi connectivity index (χ1n) is 6.52. The van der Waals surface area contributed by atoms with Crippen LogP contribution in [0.3, 0.4) is 0 Å². The SMILES string of the molecule is CCCCCCCc1ccccc1CC(=O)O. The van der Waals surface area contributed by atoms with Crippen LogP contribution in [0.4, 0.5) is 0 Å². The van der Waals surface area contributed by atoms with Gasteiger partial charge in [0.15, 0.2) is 0 Å². The van der Waals surface area contributed by atoms with Gasteiger partial charge in [-0.2, -0.15) is 0 Å². The highest BCUT2D eigenvalue weighted by molar-refractivity contribution is 5.70. The Kier molecular flexibility index (Phi) is 6.38. The summed E-state index contributed by atoms with van der Waals surface area (Å²) in [6.45, 7) is 2.21. The van der Waals surface area contributed by atoms with E-state index in [0.29, 0.717) is 0 Å². The summed E-state index contributed by atoms with van der Waals surface area (Å²) >= 11 is 0. The van der Waals surface area contributed by atoms with E-state index in [1.54, 1.807) is 0 Å². The summed E-state index contributed by atoms with van der Waals surface area (Å²) in [6, 6.07) is 7.89. The minimum Gasteiger partial charge on any atom is -0.481 e. The Morgan fingerprint density at radius 1 is 1.06 bits per heavy atom. The van der Waals surface area contributed by atoms with Crippen molar-refractivity contribution >= 4 is 5.97 Å². The van der Waals surface area contributed by atoms with E-state index in [1.807, 2.05) is 18.2 Å². The van der Waals surface area contributed by atoms with Gasteiger partial charge >= 0.3 is 5.97 Å². The van der Waals surface area contributed by atoms with Crippen LogP contribution in [0.2, 0.25) is 0 Å². The van der Waals surface area contributed by atoms with Crippen LogP contribution in [0, 0.1) is 0 Å². The Labute approximate surface area is 104 Å². The zero-order chi connectivity index (χ0) is 12.5. The lowest BCUT2D eigenvalue weighted by Gasteiger charge is -2.07. The van der Waals surface area contributed by atoms with Gasteiger partial charge in [0, 0.05) is 0 Å². The van der Waals surface area contributed by atoms with Gasteiger partial charge in [-0.1, -0.05) is 56.9 Å². The summed E-state index contributed by atoms with van der Waals surface area (Å²) in [5.41, 5.74) is 2.17. The molecule has 1 aromatic rings. The fourth-order valence-corrected chi connectivity index (χ4v) is 2.06. The molecular weight excluding hydrogens is 212 g/mol. The van der Waals surface area contributed by atoms with Gasteiger partial charge in [-0.3, -0.25) is 4.79 Å². The van der Waals surface area contributed by atoms with Crippen LogP contribution in [0.5, 0.6) is 0 Å². The first-order valence-corrected chi connectivity index (χ1v) is 6.52. The van der Waals surface area contributed by atoms with Gasteiger partial charge in [-0.15, -0.1) is 0 Å². The van der Waals surface area contributed by atoms with Gasteiger partial charge in [-0.25, -0.2) is 0 Å². The van der Waals surface area contributed by atoms with E-state index in [4.69, 9.17) is 5.11 Å². The third-order valence-electron chi connectivity index (χ3n) is 3.01. The summed E-state index contributed by atoms with van der Waals surface area (Å²) in [5, 5.41) is 8.83. The number of hydrogen-bond donors (Lipinski definition) is 1. The molecule has 0 aliphatic heterocycles. The quantitative estimate of drug-likeness (QED) is 0.694. The molecule has 0 amide bonds. The van der Waals surface area contributed by atoms with Crippen LogP contribution in [-0.2, 0) is 17.6 Å². The van der Waals surface area contributed by atoms with Gasteiger partial charge in [0.2, 0.25) is 0 Å². The lowest BCUT2D eigenvalue weighted by atomic mass is 9.99. The van der Waals surface area contributed by atoms with Crippen molar-refractivity contribution in [1.82, 2.24) is 0 Å². The van der Waals surface area contributed by atoms with E-state index >= 15 is 0 Å². The number of carboxylic acid groups (broad SMARTS) is 1. The third-order valence-corrected chi connectivity index (χ3v) is 3.01. The molecule has 0 bridgehead atoms. The molecule has 0 heterocycles. The van der Waals surface area contributed by atoms with Gasteiger partial charge in [-0.05, 0) is 24.0 Å². The maximum Gasteiger partial charge on any atom is 0.307 e. The van der Waals surface area contributed by atoms with E-state index in [9.17, 15) is 4.79 Å². The van der Waals surface area contributed by atoms with Crippen molar-refractivity contribution in [2.75, 3.05) is 0 Å². The predicted octanol–water partition coefficient (Wildman–Crippen LogP) is 3.83. The summed E-state index contributed by atoms with van der Waals surface area (Å²) in [6.07, 6.45) is 7.41. The van der Waals surface area contributed by atoms with E-state index in [0.717, 1.165) is 18.4 Å². The third kappa shape index (κ3) is 5.53. The molecule has 0 atom stereocenters. The van der Waals surface area contributed by atoms with Crippen LogP contribution in [0.1, 0.15) is 50.2 Å². The molecule has 0 unspecified atom stereocenters. The number of unbranched alkanes of at least 4 members (excludes halogenated alkanes) is 4. The number of carbonyl (C=O) groups is 1. The molecule has 2 nitrogen and oxygen atoms in total. The van der Waals surface area contributed by atoms with Crippen LogP contribution in [0.15, 0.2) is 24.3 Å². The van der Waals surface area contributed by atoms with Crippen molar-refractivity contribution in [1.29, 1.82) is 0 Å². The molecule has 0 aliphatic carbocycles. The zero-order valence-electron chi connectivity index (χ0n) is 10.6. The van der Waals surface area contributed by atoms with E-state index < -0.39 is 5.97 Å². The van der Waals surface area contributed by atoms with Crippen LogP contribution >= 0.6 is 0 Å². The molecule has 1 N–H and O–H groups in total. The largest absolute Gasteiger partial charge is 0.481 e. The average molecular weight is 234 g/mol. The molecule has 0 radical (unpaired) electrons. The second-order valence-electron chi connectivity index (χ2n) is 4.50. The number of aliphatic carboxylic acids is 1. The maximum atomic E-state index is 10.7. The Bertz CT molecular complexity index is 345. The standard InChI is InChI=1S/C15H22O2/c1-2-3-4-5-6-9-13-10-7-8-11-14(13)12-15(16)17/h7-8,10-11H,2-6,9,12H2,1H3,(H,16,17). The van der Waals surface area contributed by atoms with Gasteiger partial charge in [0.05, 0.1) is 6.42 Å². The molecule has 94 valence electrons. The monoisotopic (exact) mass is 234 g/mol. The first-order chi connectivity index (χ1) is 8.24. The number of benzene rings is 1. The van der Waals surface area contributed by atoms with Gasteiger partial charge in [0.1, 0.15) is 0 Å². The fourth-order valence-electron chi connectivity index (χ4n) is 2.06. The van der Waals surface area contributed by atoms with E-state index in [1.165, 1.54) is 31.2 Å². The zero-order valence-corrected chi connectivity index (χ0v) is 10.6. The van der Waals surface area contributed by atoms with Crippen molar-refractivity contribution in [3.8, 4) is 0 Å². The summed E-state index contributed by atoms with van der Waals surface area (Å²) < 4.78 is 0. The molecule has 1 aromatic carbocycles. The van der Waals surface area contributed by atoms with Crippen LogP contribution in [-0.4, -0.2) is 11.1 Å². The lowest BCUT2D eigenvalue weighted by Crippen LogP contribution is -2.03. The van der Waals surface area contributed by atoms with Crippen molar-refractivity contribution in [3.63, 3.8) is 0 Å². The average Bonchev–Trinajstić information content (AvgIpc) is 2.30. The molecule has 0 spiro atoms. The summed E-state index contributed by atoms with van der Waals surface area (Å²) in [7, 11) is 0. The Balaban J connectivity index is 2.43. The summed E-state index contributed by atoms with van der Waals surface area (Å²) in [4.78, 5) is 10.7. The molecule has 0 saturated carbocycles. The second kappa shape index (κ2) is 7.88. The Hall–Kier alpha value is -1.31. The molecular formula is C15H22O2. The fraction of sp³-hybridized carbons (Fsp3) is 0.533. The number of aryl methyl sites for hydroxylation is 1. The van der Waals surface area contributed by atoms with Crippen LogP contribution in [0.25, 0.3) is 0 Å². The summed E-state index contributed by atoms with van der Waals surface area (Å²) in [5.74, 6) is -0.747. The van der Waals surface area contributed by atoms with Crippen molar-refractivity contribution in [2.45, 2.75) is 51.9 Å². The van der Waals surface area contributed by atoms with Gasteiger partial charge < -0.3 is 5.11 Å². The van der Waals surface area contributed by atoms with E-state index in [2.05, 4.69) is 13.0 Å². The molecule has 17 heavy (non-hydrogen) atoms. The number of rotatable bonds is 8. The molecule has 0 fully saturated rings. The Morgan fingerprint density at radius 3 is 2.35 bits per heavy atom. The first kappa shape index (κ1) is 13.8. The van der Waals surface area contributed by atoms with Gasteiger partial charge in [0.25, 0.3) is 0 Å². The molecule has 0 saturated heterocycles. The highest BCUT2D eigenvalue weighted by atomic mass is 16.4. The lowest BCUT2D eigenvalue weighted by molar-refractivity contribution is -0.136. The second-order valence-corrected chi connectivity index (χ2v) is 4.50. The molecule has 2 heteroatoms. The predicted molar refractivity (Wildman–Crippen MR) is 70.2 cm³/mol. The molecule has 0 aromatic heterocycles. The van der Waals surface area contributed by atoms with Crippen molar-refractivity contribution < 1.29 is 9.90 Å². The highest BCUT2D eigenvalue weighted by Gasteiger charge is 2.05. The minimum atomic E-state index is -0.747. The van der Waals surface area contributed by atoms with Crippen molar-refractivity contribution in [2.24, 2.45) is 0 Å². The molecule has 1 rings (SSSR count). The van der Waals surface area contributed by atoms with E-state index in [-0.39, 0.29) is 6.42 Å². The smallest absolute Gasteiger partial charge is 0.307 e. The number of hydrogen-bond acceptors (Lipinski definition) is 1. The number of carboxylic acids is 1. The Morgan fingerprint density at radius 2 is 1.71 bits per heavy atom. The normalized spacial score (nSPS) is 10.4. The highest BCUT2D eigenvalue weighted by Crippen LogP contribution is 2.14. The topological polar surface area (TPSA) is 37.3 Å². The molecule has 0 aliphatic rings. The maximum absolute atomic E-state index is 10.7. The minimum absolute atomic E-state index is 0.144.